The summed E-state index contributed by atoms with van der Waals surface area (Å²) in [7, 11) is 0. The van der Waals surface area contributed by atoms with E-state index in [1.165, 1.54) is 0 Å². The van der Waals surface area contributed by atoms with E-state index in [1.807, 2.05) is 11.8 Å². The van der Waals surface area contributed by atoms with E-state index in [2.05, 4.69) is 6.26 Å². The van der Waals surface area contributed by atoms with Crippen LogP contribution in [-0.4, -0.2) is 28.5 Å². The lowest BCUT2D eigenvalue weighted by molar-refractivity contribution is -0.113. The lowest BCUT2D eigenvalue weighted by atomic mass is 9.83. The molecule has 0 radical (unpaired) electrons. The van der Waals surface area contributed by atoms with Gasteiger partial charge in [-0.25, -0.2) is 0 Å². The van der Waals surface area contributed by atoms with Crippen molar-refractivity contribution in [3.63, 3.8) is 0 Å². The fourth-order valence-electron chi connectivity index (χ4n) is 1.72. The minimum atomic E-state index is -0.673. The van der Waals surface area contributed by atoms with E-state index in [9.17, 15) is 9.90 Å². The van der Waals surface area contributed by atoms with Crippen LogP contribution in [0.2, 0.25) is 0 Å². The van der Waals surface area contributed by atoms with E-state index in [4.69, 9.17) is 0 Å². The van der Waals surface area contributed by atoms with Gasteiger partial charge in [-0.3, -0.25) is 0 Å². The van der Waals surface area contributed by atoms with Gasteiger partial charge in [0, 0.05) is 11.7 Å². The number of carbonyl (C=O) groups is 1. The first-order valence-corrected chi connectivity index (χ1v) is 5.68. The number of carbonyl (C=O) groups excluding carboxylic acids is 1. The molecule has 0 heterocycles. The Morgan fingerprint density at radius 3 is 2.58 bits per heavy atom. The molecule has 1 rings (SSSR count). The number of aliphatic hydroxyl groups is 1. The SMILES string of the molecule is CSC1CCC(O)(CC=O)CC1. The summed E-state index contributed by atoms with van der Waals surface area (Å²) < 4.78 is 0. The molecule has 1 N–H and O–H groups in total. The highest BCUT2D eigenvalue weighted by atomic mass is 32.2. The van der Waals surface area contributed by atoms with Crippen LogP contribution < -0.4 is 0 Å². The van der Waals surface area contributed by atoms with E-state index >= 15 is 0 Å². The predicted molar refractivity (Wildman–Crippen MR) is 51.4 cm³/mol. The largest absolute Gasteiger partial charge is 0.389 e. The molecule has 3 heteroatoms. The molecule has 12 heavy (non-hydrogen) atoms. The highest BCUT2D eigenvalue weighted by Gasteiger charge is 2.32. The van der Waals surface area contributed by atoms with Crippen LogP contribution in [-0.2, 0) is 4.79 Å². The fraction of sp³-hybridized carbons (Fsp3) is 0.889. The minimum absolute atomic E-state index is 0.314. The minimum Gasteiger partial charge on any atom is -0.389 e. The molecule has 0 aromatic heterocycles. The number of hydrogen-bond acceptors (Lipinski definition) is 3. The van der Waals surface area contributed by atoms with Crippen LogP contribution in [0, 0.1) is 0 Å². The Bertz CT molecular complexity index is 151. The maximum absolute atomic E-state index is 10.3. The number of aldehydes is 1. The van der Waals surface area contributed by atoms with Crippen LogP contribution in [0.5, 0.6) is 0 Å². The van der Waals surface area contributed by atoms with Gasteiger partial charge in [0.2, 0.25) is 0 Å². The molecule has 70 valence electrons. The normalized spacial score (nSPS) is 36.3. The molecule has 0 aromatic rings. The van der Waals surface area contributed by atoms with Crippen molar-refractivity contribution in [3.8, 4) is 0 Å². The van der Waals surface area contributed by atoms with Gasteiger partial charge in [0.1, 0.15) is 6.29 Å². The third kappa shape index (κ3) is 2.49. The van der Waals surface area contributed by atoms with Crippen LogP contribution >= 0.6 is 11.8 Å². The molecule has 1 aliphatic rings. The summed E-state index contributed by atoms with van der Waals surface area (Å²) in [6, 6.07) is 0. The molecule has 0 saturated heterocycles. The highest BCUT2D eigenvalue weighted by molar-refractivity contribution is 7.99. The van der Waals surface area contributed by atoms with E-state index in [1.54, 1.807) is 0 Å². The van der Waals surface area contributed by atoms with E-state index in [0.717, 1.165) is 32.0 Å². The summed E-state index contributed by atoms with van der Waals surface area (Å²) >= 11 is 1.87. The van der Waals surface area contributed by atoms with Crippen molar-refractivity contribution in [3.05, 3.63) is 0 Å². The molecule has 0 aliphatic heterocycles. The Morgan fingerprint density at radius 2 is 2.17 bits per heavy atom. The van der Waals surface area contributed by atoms with Crippen molar-refractivity contribution in [2.75, 3.05) is 6.26 Å². The fourth-order valence-corrected chi connectivity index (χ4v) is 2.43. The summed E-state index contributed by atoms with van der Waals surface area (Å²) in [6.07, 6.45) is 6.92. The van der Waals surface area contributed by atoms with Crippen LogP contribution in [0.1, 0.15) is 32.1 Å². The molecule has 0 bridgehead atoms. The summed E-state index contributed by atoms with van der Waals surface area (Å²) in [5.41, 5.74) is -0.673. The summed E-state index contributed by atoms with van der Waals surface area (Å²) in [5, 5.41) is 10.5. The van der Waals surface area contributed by atoms with Crippen molar-refractivity contribution >= 4 is 18.0 Å². The second kappa shape index (κ2) is 4.28. The summed E-state index contributed by atoms with van der Waals surface area (Å²) in [4.78, 5) is 10.3. The molecule has 1 fully saturated rings. The van der Waals surface area contributed by atoms with Gasteiger partial charge in [0.05, 0.1) is 5.60 Å². The molecule has 0 spiro atoms. The van der Waals surface area contributed by atoms with E-state index < -0.39 is 5.60 Å². The van der Waals surface area contributed by atoms with Crippen molar-refractivity contribution in [1.29, 1.82) is 0 Å². The van der Waals surface area contributed by atoms with Crippen LogP contribution in [0.25, 0.3) is 0 Å². The van der Waals surface area contributed by atoms with Gasteiger partial charge in [-0.15, -0.1) is 0 Å². The zero-order chi connectivity index (χ0) is 9.03. The first-order valence-electron chi connectivity index (χ1n) is 4.39. The van der Waals surface area contributed by atoms with E-state index in [-0.39, 0.29) is 0 Å². The van der Waals surface area contributed by atoms with Crippen LogP contribution in [0.4, 0.5) is 0 Å². The monoisotopic (exact) mass is 188 g/mol. The van der Waals surface area contributed by atoms with Gasteiger partial charge in [-0.05, 0) is 31.9 Å². The molecule has 0 aromatic carbocycles. The number of rotatable bonds is 3. The summed E-state index contributed by atoms with van der Waals surface area (Å²) in [6.45, 7) is 0. The second-order valence-electron chi connectivity index (χ2n) is 3.53. The van der Waals surface area contributed by atoms with Crippen molar-refractivity contribution in [2.24, 2.45) is 0 Å². The lowest BCUT2D eigenvalue weighted by Gasteiger charge is -2.34. The molecule has 1 aliphatic carbocycles. The maximum Gasteiger partial charge on any atom is 0.122 e. The Balaban J connectivity index is 2.38. The molecule has 2 nitrogen and oxygen atoms in total. The third-order valence-electron chi connectivity index (χ3n) is 2.66. The van der Waals surface area contributed by atoms with Gasteiger partial charge in [-0.1, -0.05) is 0 Å². The molecule has 1 saturated carbocycles. The van der Waals surface area contributed by atoms with Gasteiger partial charge >= 0.3 is 0 Å². The highest BCUT2D eigenvalue weighted by Crippen LogP contribution is 2.34. The molecule has 0 unspecified atom stereocenters. The van der Waals surface area contributed by atoms with Gasteiger partial charge in [0.15, 0.2) is 0 Å². The van der Waals surface area contributed by atoms with Crippen molar-refractivity contribution in [1.82, 2.24) is 0 Å². The molecule has 0 amide bonds. The number of hydrogen-bond donors (Lipinski definition) is 1. The standard InChI is InChI=1S/C9H16O2S/c1-12-8-2-4-9(11,5-3-8)6-7-10/h7-8,11H,2-6H2,1H3. The smallest absolute Gasteiger partial charge is 0.122 e. The summed E-state index contributed by atoms with van der Waals surface area (Å²) in [5.74, 6) is 0. The average Bonchev–Trinajstić information content (AvgIpc) is 2.06. The quantitative estimate of drug-likeness (QED) is 0.684. The number of thioether (sulfide) groups is 1. The Morgan fingerprint density at radius 1 is 1.58 bits per heavy atom. The molecular weight excluding hydrogens is 172 g/mol. The lowest BCUT2D eigenvalue weighted by Crippen LogP contribution is -2.35. The Hall–Kier alpha value is -0.0200. The van der Waals surface area contributed by atoms with E-state index in [0.29, 0.717) is 11.7 Å². The van der Waals surface area contributed by atoms with Gasteiger partial charge in [-0.2, -0.15) is 11.8 Å². The zero-order valence-electron chi connectivity index (χ0n) is 7.45. The average molecular weight is 188 g/mol. The van der Waals surface area contributed by atoms with Crippen LogP contribution in [0.3, 0.4) is 0 Å². The molecular formula is C9H16O2S. The van der Waals surface area contributed by atoms with Crippen molar-refractivity contribution in [2.45, 2.75) is 43.0 Å². The first kappa shape index (κ1) is 10.1. The van der Waals surface area contributed by atoms with Crippen LogP contribution in [0.15, 0.2) is 0 Å². The van der Waals surface area contributed by atoms with Gasteiger partial charge < -0.3 is 9.90 Å². The maximum atomic E-state index is 10.3. The second-order valence-corrected chi connectivity index (χ2v) is 4.67. The topological polar surface area (TPSA) is 37.3 Å². The predicted octanol–water partition coefficient (Wildman–Crippen LogP) is 1.61. The Kier molecular flexibility index (Phi) is 3.59. The zero-order valence-corrected chi connectivity index (χ0v) is 8.27. The van der Waals surface area contributed by atoms with Crippen molar-refractivity contribution < 1.29 is 9.90 Å². The first-order chi connectivity index (χ1) is 5.70. The Labute approximate surface area is 77.7 Å². The third-order valence-corrected chi connectivity index (χ3v) is 3.80. The molecule has 0 atom stereocenters. The van der Waals surface area contributed by atoms with Gasteiger partial charge in [0.25, 0.3) is 0 Å².